The molecule has 1 fully saturated rings. The van der Waals surface area contributed by atoms with E-state index < -0.39 is 5.60 Å². The number of hydrogen-bond acceptors (Lipinski definition) is 3. The lowest BCUT2D eigenvalue weighted by Gasteiger charge is -2.25. The van der Waals surface area contributed by atoms with E-state index in [2.05, 4.69) is 10.6 Å². The van der Waals surface area contributed by atoms with E-state index in [0.29, 0.717) is 12.6 Å². The molecule has 2 unspecified atom stereocenters. The molecule has 0 spiro atoms. The van der Waals surface area contributed by atoms with Gasteiger partial charge in [0.2, 0.25) is 5.91 Å². The predicted octanol–water partition coefficient (Wildman–Crippen LogP) is 0.794. The summed E-state index contributed by atoms with van der Waals surface area (Å²) < 4.78 is 0. The van der Waals surface area contributed by atoms with Crippen LogP contribution in [0.1, 0.15) is 46.5 Å². The lowest BCUT2D eigenvalue weighted by molar-refractivity contribution is -0.123. The van der Waals surface area contributed by atoms with Crippen LogP contribution in [0.2, 0.25) is 0 Å². The summed E-state index contributed by atoms with van der Waals surface area (Å²) in [6.45, 7) is 6.13. The summed E-state index contributed by atoms with van der Waals surface area (Å²) in [5.41, 5.74) is -0.719. The van der Waals surface area contributed by atoms with Gasteiger partial charge in [0.15, 0.2) is 0 Å². The van der Waals surface area contributed by atoms with Gasteiger partial charge in [0, 0.05) is 12.6 Å². The van der Waals surface area contributed by atoms with E-state index in [0.717, 1.165) is 25.7 Å². The Morgan fingerprint density at radius 3 is 2.69 bits per heavy atom. The normalized spacial score (nSPS) is 21.2. The molecule has 2 atom stereocenters. The maximum atomic E-state index is 11.6. The second kappa shape index (κ2) is 5.64. The van der Waals surface area contributed by atoms with Crippen molar-refractivity contribution in [3.05, 3.63) is 0 Å². The number of carbonyl (C=O) groups is 1. The third kappa shape index (κ3) is 4.94. The molecular weight excluding hydrogens is 204 g/mol. The number of carbonyl (C=O) groups excluding carboxylic acids is 1. The molecule has 1 saturated carbocycles. The van der Waals surface area contributed by atoms with Gasteiger partial charge >= 0.3 is 0 Å². The molecule has 0 aromatic heterocycles. The first-order valence-corrected chi connectivity index (χ1v) is 6.21. The Labute approximate surface area is 97.8 Å². The average Bonchev–Trinajstić information content (AvgIpc) is 2.98. The minimum absolute atomic E-state index is 0.0369. The highest BCUT2D eigenvalue weighted by Crippen LogP contribution is 2.18. The molecule has 3 N–H and O–H groups in total. The molecule has 1 amide bonds. The van der Waals surface area contributed by atoms with E-state index in [-0.39, 0.29) is 11.9 Å². The zero-order valence-electron chi connectivity index (χ0n) is 10.5. The van der Waals surface area contributed by atoms with Gasteiger partial charge < -0.3 is 15.7 Å². The molecule has 16 heavy (non-hydrogen) atoms. The number of hydrogen-bond donors (Lipinski definition) is 3. The molecule has 94 valence electrons. The van der Waals surface area contributed by atoms with E-state index in [4.69, 9.17) is 0 Å². The maximum absolute atomic E-state index is 11.6. The number of nitrogens with one attached hydrogen (secondary N) is 2. The van der Waals surface area contributed by atoms with Crippen molar-refractivity contribution in [1.29, 1.82) is 0 Å². The Morgan fingerprint density at radius 2 is 2.19 bits per heavy atom. The molecule has 0 aromatic rings. The van der Waals surface area contributed by atoms with Crippen molar-refractivity contribution in [1.82, 2.24) is 10.6 Å². The first-order chi connectivity index (χ1) is 7.44. The Kier molecular flexibility index (Phi) is 4.74. The van der Waals surface area contributed by atoms with E-state index in [9.17, 15) is 9.90 Å². The van der Waals surface area contributed by atoms with Crippen molar-refractivity contribution < 1.29 is 9.90 Å². The number of amides is 1. The van der Waals surface area contributed by atoms with Gasteiger partial charge in [0.1, 0.15) is 0 Å². The van der Waals surface area contributed by atoms with Crippen LogP contribution in [0.25, 0.3) is 0 Å². The van der Waals surface area contributed by atoms with Crippen LogP contribution in [0.5, 0.6) is 0 Å². The highest BCUT2D eigenvalue weighted by atomic mass is 16.3. The molecule has 0 heterocycles. The third-order valence-corrected chi connectivity index (χ3v) is 2.89. The van der Waals surface area contributed by atoms with Crippen LogP contribution in [0.15, 0.2) is 0 Å². The zero-order valence-corrected chi connectivity index (χ0v) is 10.5. The largest absolute Gasteiger partial charge is 0.389 e. The van der Waals surface area contributed by atoms with Crippen LogP contribution < -0.4 is 10.6 Å². The summed E-state index contributed by atoms with van der Waals surface area (Å²) in [6.07, 6.45) is 3.90. The van der Waals surface area contributed by atoms with Crippen LogP contribution >= 0.6 is 0 Å². The summed E-state index contributed by atoms with van der Waals surface area (Å²) in [4.78, 5) is 11.6. The highest BCUT2D eigenvalue weighted by Gasteiger charge is 2.26. The van der Waals surface area contributed by atoms with Crippen molar-refractivity contribution in [2.45, 2.75) is 64.1 Å². The molecule has 0 bridgehead atoms. The van der Waals surface area contributed by atoms with Gasteiger partial charge in [-0.25, -0.2) is 0 Å². The summed E-state index contributed by atoms with van der Waals surface area (Å²) in [5.74, 6) is 0.0369. The summed E-state index contributed by atoms with van der Waals surface area (Å²) in [6, 6.07) is 0.164. The fraction of sp³-hybridized carbons (Fsp3) is 0.917. The zero-order chi connectivity index (χ0) is 12.2. The molecule has 0 aromatic carbocycles. The van der Waals surface area contributed by atoms with E-state index in [1.54, 1.807) is 6.92 Å². The van der Waals surface area contributed by atoms with Gasteiger partial charge in [-0.15, -0.1) is 0 Å². The molecule has 0 aliphatic heterocycles. The van der Waals surface area contributed by atoms with Crippen LogP contribution in [0.3, 0.4) is 0 Å². The first kappa shape index (κ1) is 13.5. The molecule has 1 rings (SSSR count). The third-order valence-electron chi connectivity index (χ3n) is 2.89. The number of rotatable bonds is 7. The lowest BCUT2D eigenvalue weighted by atomic mass is 10.0. The fourth-order valence-electron chi connectivity index (χ4n) is 1.65. The monoisotopic (exact) mass is 228 g/mol. The van der Waals surface area contributed by atoms with E-state index in [1.165, 1.54) is 0 Å². The van der Waals surface area contributed by atoms with Crippen molar-refractivity contribution in [2.24, 2.45) is 0 Å². The standard InChI is InChI=1S/C12H24N2O2/c1-4-7-12(3,16)8-13-9(2)11(15)14-10-5-6-10/h9-10,13,16H,4-8H2,1-3H3,(H,14,15). The summed E-state index contributed by atoms with van der Waals surface area (Å²) in [7, 11) is 0. The Morgan fingerprint density at radius 1 is 1.56 bits per heavy atom. The Bertz CT molecular complexity index is 237. The second-order valence-corrected chi connectivity index (χ2v) is 5.13. The Hall–Kier alpha value is -0.610. The predicted molar refractivity (Wildman–Crippen MR) is 64.2 cm³/mol. The molecule has 0 radical (unpaired) electrons. The van der Waals surface area contributed by atoms with Gasteiger partial charge in [0.25, 0.3) is 0 Å². The van der Waals surface area contributed by atoms with Crippen molar-refractivity contribution in [3.63, 3.8) is 0 Å². The smallest absolute Gasteiger partial charge is 0.237 e. The second-order valence-electron chi connectivity index (χ2n) is 5.13. The first-order valence-electron chi connectivity index (χ1n) is 6.21. The topological polar surface area (TPSA) is 61.4 Å². The maximum Gasteiger partial charge on any atom is 0.237 e. The van der Waals surface area contributed by atoms with Crippen LogP contribution in [-0.4, -0.2) is 35.2 Å². The highest BCUT2D eigenvalue weighted by molar-refractivity contribution is 5.81. The summed E-state index contributed by atoms with van der Waals surface area (Å²) in [5, 5.41) is 16.0. The van der Waals surface area contributed by atoms with Gasteiger partial charge in [-0.3, -0.25) is 4.79 Å². The van der Waals surface area contributed by atoms with Gasteiger partial charge in [-0.1, -0.05) is 13.3 Å². The number of aliphatic hydroxyl groups is 1. The minimum atomic E-state index is -0.719. The molecule has 4 nitrogen and oxygen atoms in total. The minimum Gasteiger partial charge on any atom is -0.389 e. The molecule has 4 heteroatoms. The van der Waals surface area contributed by atoms with Crippen LogP contribution in [0.4, 0.5) is 0 Å². The Balaban J connectivity index is 2.21. The molecule has 1 aliphatic rings. The van der Waals surface area contributed by atoms with Crippen molar-refractivity contribution in [2.75, 3.05) is 6.54 Å². The molecular formula is C12H24N2O2. The van der Waals surface area contributed by atoms with E-state index in [1.807, 2.05) is 13.8 Å². The van der Waals surface area contributed by atoms with Crippen LogP contribution in [0, 0.1) is 0 Å². The lowest BCUT2D eigenvalue weighted by Crippen LogP contribution is -2.48. The van der Waals surface area contributed by atoms with Gasteiger partial charge in [0.05, 0.1) is 11.6 Å². The van der Waals surface area contributed by atoms with Gasteiger partial charge in [-0.2, -0.15) is 0 Å². The fourth-order valence-corrected chi connectivity index (χ4v) is 1.65. The quantitative estimate of drug-likeness (QED) is 0.604. The molecule has 0 saturated heterocycles. The summed E-state index contributed by atoms with van der Waals surface area (Å²) >= 11 is 0. The van der Waals surface area contributed by atoms with Crippen LogP contribution in [-0.2, 0) is 4.79 Å². The SMILES string of the molecule is CCCC(C)(O)CNC(C)C(=O)NC1CC1. The van der Waals surface area contributed by atoms with E-state index >= 15 is 0 Å². The average molecular weight is 228 g/mol. The van der Waals surface area contributed by atoms with Crippen molar-refractivity contribution >= 4 is 5.91 Å². The van der Waals surface area contributed by atoms with Gasteiger partial charge in [-0.05, 0) is 33.1 Å². The van der Waals surface area contributed by atoms with Crippen molar-refractivity contribution in [3.8, 4) is 0 Å². The molecule has 1 aliphatic carbocycles.